The number of carbonyl (C=O) groups excluding carboxylic acids is 1. The Morgan fingerprint density at radius 3 is 2.63 bits per heavy atom. The van der Waals surface area contributed by atoms with Gasteiger partial charge in [-0.15, -0.1) is 0 Å². The average molecular weight is 447 g/mol. The second kappa shape index (κ2) is 8.93. The van der Waals surface area contributed by atoms with Crippen molar-refractivity contribution in [2.45, 2.75) is 6.61 Å². The van der Waals surface area contributed by atoms with Gasteiger partial charge in [0.05, 0.1) is 17.3 Å². The van der Waals surface area contributed by atoms with Gasteiger partial charge >= 0.3 is 0 Å². The van der Waals surface area contributed by atoms with Crippen LogP contribution in [0.3, 0.4) is 0 Å². The summed E-state index contributed by atoms with van der Waals surface area (Å²) in [6.45, 7) is 0.351. The number of methoxy groups -OCH3 is 1. The molecule has 0 aromatic heterocycles. The third kappa shape index (κ3) is 5.02. The molecule has 4 nitrogen and oxygen atoms in total. The van der Waals surface area contributed by atoms with Crippen LogP contribution in [0, 0.1) is 0 Å². The molecule has 1 amide bonds. The van der Waals surface area contributed by atoms with Gasteiger partial charge in [0.25, 0.3) is 5.91 Å². The highest BCUT2D eigenvalue weighted by atomic mass is 79.9. The Balaban J connectivity index is 1.72. The summed E-state index contributed by atoms with van der Waals surface area (Å²) in [5.74, 6) is 1.04. The standard InChI is InChI=1S/C21H17BrClNO3/c1-26-20-10-9-16(23)12-18(20)24-21(25)15-6-4-5-14(11-15)13-27-19-8-3-2-7-17(19)22/h2-12H,13H2,1H3,(H,24,25). The first kappa shape index (κ1) is 19.3. The molecule has 1 N–H and O–H groups in total. The molecule has 0 saturated heterocycles. The van der Waals surface area contributed by atoms with E-state index in [1.807, 2.05) is 36.4 Å². The third-order valence-corrected chi connectivity index (χ3v) is 4.72. The average Bonchev–Trinajstić information content (AvgIpc) is 2.68. The Hall–Kier alpha value is -2.50. The van der Waals surface area contributed by atoms with E-state index in [4.69, 9.17) is 21.1 Å². The summed E-state index contributed by atoms with van der Waals surface area (Å²) in [4.78, 5) is 12.6. The lowest BCUT2D eigenvalue weighted by Gasteiger charge is -2.12. The number of rotatable bonds is 6. The van der Waals surface area contributed by atoms with E-state index in [2.05, 4.69) is 21.2 Å². The molecule has 27 heavy (non-hydrogen) atoms. The number of benzene rings is 3. The molecule has 0 spiro atoms. The van der Waals surface area contributed by atoms with Crippen molar-refractivity contribution in [1.29, 1.82) is 0 Å². The molecule has 0 aliphatic carbocycles. The highest BCUT2D eigenvalue weighted by Gasteiger charge is 2.11. The smallest absolute Gasteiger partial charge is 0.255 e. The van der Waals surface area contributed by atoms with E-state index >= 15 is 0 Å². The van der Waals surface area contributed by atoms with Gasteiger partial charge in [0.2, 0.25) is 0 Å². The van der Waals surface area contributed by atoms with Gasteiger partial charge in [-0.25, -0.2) is 0 Å². The SMILES string of the molecule is COc1ccc(Cl)cc1NC(=O)c1cccc(COc2ccccc2Br)c1. The normalized spacial score (nSPS) is 10.3. The second-order valence-corrected chi connectivity index (χ2v) is 7.01. The van der Waals surface area contributed by atoms with E-state index in [1.165, 1.54) is 0 Å². The van der Waals surface area contributed by atoms with Gasteiger partial charge in [-0.3, -0.25) is 4.79 Å². The molecule has 0 fully saturated rings. The lowest BCUT2D eigenvalue weighted by atomic mass is 10.1. The van der Waals surface area contributed by atoms with E-state index in [0.717, 1.165) is 15.8 Å². The maximum Gasteiger partial charge on any atom is 0.255 e. The summed E-state index contributed by atoms with van der Waals surface area (Å²) in [7, 11) is 1.54. The number of amides is 1. The molecule has 0 radical (unpaired) electrons. The Bertz CT molecular complexity index is 962. The van der Waals surface area contributed by atoms with Crippen LogP contribution >= 0.6 is 27.5 Å². The minimum absolute atomic E-state index is 0.252. The molecule has 3 aromatic rings. The summed E-state index contributed by atoms with van der Waals surface area (Å²) < 4.78 is 12.0. The van der Waals surface area contributed by atoms with Crippen LogP contribution < -0.4 is 14.8 Å². The van der Waals surface area contributed by atoms with Crippen molar-refractivity contribution in [1.82, 2.24) is 0 Å². The zero-order chi connectivity index (χ0) is 19.2. The minimum atomic E-state index is -0.252. The predicted octanol–water partition coefficient (Wildman–Crippen LogP) is 5.94. The molecule has 0 atom stereocenters. The fraction of sp³-hybridized carbons (Fsp3) is 0.0952. The number of ether oxygens (including phenoxy) is 2. The highest BCUT2D eigenvalue weighted by Crippen LogP contribution is 2.28. The molecule has 0 saturated carbocycles. The summed E-state index contributed by atoms with van der Waals surface area (Å²) in [6, 6.07) is 20.0. The maximum absolute atomic E-state index is 12.6. The first-order valence-corrected chi connectivity index (χ1v) is 9.35. The molecule has 0 bridgehead atoms. The first-order chi connectivity index (χ1) is 13.1. The fourth-order valence-electron chi connectivity index (χ4n) is 2.50. The molecular formula is C21H17BrClNO3. The molecule has 3 aromatic carbocycles. The molecule has 0 aliphatic heterocycles. The third-order valence-electron chi connectivity index (χ3n) is 3.83. The Kier molecular flexibility index (Phi) is 6.37. The van der Waals surface area contributed by atoms with Crippen molar-refractivity contribution in [2.24, 2.45) is 0 Å². The molecular weight excluding hydrogens is 430 g/mol. The summed E-state index contributed by atoms with van der Waals surface area (Å²) >= 11 is 9.47. The van der Waals surface area contributed by atoms with E-state index < -0.39 is 0 Å². The van der Waals surface area contributed by atoms with Gasteiger partial charge in [-0.05, 0) is 64.0 Å². The van der Waals surface area contributed by atoms with Gasteiger partial charge in [0.15, 0.2) is 0 Å². The molecule has 0 aliphatic rings. The number of hydrogen-bond donors (Lipinski definition) is 1. The summed E-state index contributed by atoms with van der Waals surface area (Å²) in [5, 5.41) is 3.35. The van der Waals surface area contributed by atoms with E-state index in [1.54, 1.807) is 37.4 Å². The highest BCUT2D eigenvalue weighted by molar-refractivity contribution is 9.10. The number of nitrogens with one attached hydrogen (secondary N) is 1. The van der Waals surface area contributed by atoms with Crippen molar-refractivity contribution in [3.8, 4) is 11.5 Å². The van der Waals surface area contributed by atoms with Crippen molar-refractivity contribution in [2.75, 3.05) is 12.4 Å². The van der Waals surface area contributed by atoms with E-state index in [0.29, 0.717) is 28.6 Å². The van der Waals surface area contributed by atoms with Crippen LogP contribution in [0.5, 0.6) is 11.5 Å². The first-order valence-electron chi connectivity index (χ1n) is 8.18. The van der Waals surface area contributed by atoms with E-state index in [9.17, 15) is 4.79 Å². The molecule has 3 rings (SSSR count). The number of para-hydroxylation sites is 1. The van der Waals surface area contributed by atoms with Gasteiger partial charge in [0, 0.05) is 10.6 Å². The van der Waals surface area contributed by atoms with Gasteiger partial charge in [-0.1, -0.05) is 35.9 Å². The van der Waals surface area contributed by atoms with Gasteiger partial charge in [0.1, 0.15) is 18.1 Å². The number of carbonyl (C=O) groups is 1. The van der Waals surface area contributed by atoms with Crippen LogP contribution in [0.2, 0.25) is 5.02 Å². The number of anilines is 1. The van der Waals surface area contributed by atoms with Crippen molar-refractivity contribution in [3.05, 3.63) is 87.4 Å². The molecule has 0 unspecified atom stereocenters. The van der Waals surface area contributed by atoms with Crippen molar-refractivity contribution < 1.29 is 14.3 Å². The van der Waals surface area contributed by atoms with Crippen LogP contribution in [0.1, 0.15) is 15.9 Å². The summed E-state index contributed by atoms with van der Waals surface area (Å²) in [5.41, 5.74) is 1.92. The Morgan fingerprint density at radius 1 is 1.04 bits per heavy atom. The molecule has 6 heteroatoms. The van der Waals surface area contributed by atoms with Crippen LogP contribution in [0.4, 0.5) is 5.69 Å². The molecule has 0 heterocycles. The van der Waals surface area contributed by atoms with E-state index in [-0.39, 0.29) is 5.91 Å². The lowest BCUT2D eigenvalue weighted by molar-refractivity contribution is 0.102. The van der Waals surface area contributed by atoms with Crippen LogP contribution in [-0.4, -0.2) is 13.0 Å². The zero-order valence-corrected chi connectivity index (χ0v) is 16.9. The van der Waals surface area contributed by atoms with Gasteiger partial charge < -0.3 is 14.8 Å². The van der Waals surface area contributed by atoms with Crippen LogP contribution in [0.15, 0.2) is 71.2 Å². The summed E-state index contributed by atoms with van der Waals surface area (Å²) in [6.07, 6.45) is 0. The van der Waals surface area contributed by atoms with Crippen LogP contribution in [0.25, 0.3) is 0 Å². The van der Waals surface area contributed by atoms with Crippen LogP contribution in [-0.2, 0) is 6.61 Å². The fourth-order valence-corrected chi connectivity index (χ4v) is 3.07. The zero-order valence-electron chi connectivity index (χ0n) is 14.5. The second-order valence-electron chi connectivity index (χ2n) is 5.72. The number of halogens is 2. The van der Waals surface area contributed by atoms with Crippen molar-refractivity contribution >= 4 is 39.1 Å². The predicted molar refractivity (Wildman–Crippen MR) is 111 cm³/mol. The maximum atomic E-state index is 12.6. The van der Waals surface area contributed by atoms with Gasteiger partial charge in [-0.2, -0.15) is 0 Å². The molecule has 138 valence electrons. The topological polar surface area (TPSA) is 47.6 Å². The Labute approximate surface area is 171 Å². The Morgan fingerprint density at radius 2 is 1.85 bits per heavy atom. The minimum Gasteiger partial charge on any atom is -0.495 e. The largest absolute Gasteiger partial charge is 0.495 e. The monoisotopic (exact) mass is 445 g/mol. The lowest BCUT2D eigenvalue weighted by Crippen LogP contribution is -2.13. The van der Waals surface area contributed by atoms with Crippen molar-refractivity contribution in [3.63, 3.8) is 0 Å². The quantitative estimate of drug-likeness (QED) is 0.509. The number of hydrogen-bond acceptors (Lipinski definition) is 3.